The van der Waals surface area contributed by atoms with E-state index in [-0.39, 0.29) is 18.0 Å². The molecule has 1 rings (SSSR count). The summed E-state index contributed by atoms with van der Waals surface area (Å²) in [4.78, 5) is 0. The van der Waals surface area contributed by atoms with Gasteiger partial charge in [-0.15, -0.1) is 0 Å². The van der Waals surface area contributed by atoms with Crippen molar-refractivity contribution in [3.63, 3.8) is 0 Å². The van der Waals surface area contributed by atoms with Gasteiger partial charge in [0, 0.05) is 10.9 Å². The van der Waals surface area contributed by atoms with E-state index >= 15 is 0 Å². The molecule has 90 valence electrons. The molecule has 0 aliphatic carbocycles. The molecule has 0 aliphatic rings. The maximum atomic E-state index is 13.6. The van der Waals surface area contributed by atoms with Crippen LogP contribution in [0.15, 0.2) is 24.3 Å². The van der Waals surface area contributed by atoms with Crippen LogP contribution in [0.25, 0.3) is 0 Å². The van der Waals surface area contributed by atoms with Gasteiger partial charge in [0.25, 0.3) is 0 Å². The Morgan fingerprint density at radius 2 is 1.88 bits per heavy atom. The van der Waals surface area contributed by atoms with E-state index in [2.05, 4.69) is 29.8 Å². The molecule has 0 aromatic heterocycles. The molecule has 1 aromatic rings. The van der Waals surface area contributed by atoms with Gasteiger partial charge in [-0.1, -0.05) is 48.0 Å². The Labute approximate surface area is 105 Å². The van der Waals surface area contributed by atoms with Crippen LogP contribution in [-0.2, 0) is 4.74 Å². The lowest BCUT2D eigenvalue weighted by Crippen LogP contribution is -2.17. The zero-order valence-electron chi connectivity index (χ0n) is 9.75. The monoisotopic (exact) mass is 288 g/mol. The minimum Gasteiger partial charge on any atom is -0.369 e. The summed E-state index contributed by atoms with van der Waals surface area (Å²) in [5.74, 6) is -0.196. The highest BCUT2D eigenvalue weighted by Gasteiger charge is 2.18. The van der Waals surface area contributed by atoms with Crippen molar-refractivity contribution in [3.8, 4) is 0 Å². The van der Waals surface area contributed by atoms with Crippen molar-refractivity contribution in [2.24, 2.45) is 0 Å². The van der Waals surface area contributed by atoms with Crippen molar-refractivity contribution in [2.75, 3.05) is 5.33 Å². The zero-order chi connectivity index (χ0) is 12.0. The molecule has 1 aromatic carbocycles. The molecular formula is C13H18BrFO. The highest BCUT2D eigenvalue weighted by Crippen LogP contribution is 2.25. The van der Waals surface area contributed by atoms with Crippen molar-refractivity contribution < 1.29 is 9.13 Å². The zero-order valence-corrected chi connectivity index (χ0v) is 11.3. The van der Waals surface area contributed by atoms with Gasteiger partial charge in [-0.3, -0.25) is 0 Å². The lowest BCUT2D eigenvalue weighted by Gasteiger charge is -2.22. The Balaban J connectivity index is 2.78. The number of hydrogen-bond donors (Lipinski definition) is 0. The topological polar surface area (TPSA) is 9.23 Å². The van der Waals surface area contributed by atoms with E-state index in [9.17, 15) is 4.39 Å². The maximum Gasteiger partial charge on any atom is 0.129 e. The fraction of sp³-hybridized carbons (Fsp3) is 0.538. The number of rotatable bonds is 6. The van der Waals surface area contributed by atoms with Crippen LogP contribution in [0, 0.1) is 5.82 Å². The number of halogens is 2. The molecule has 0 fully saturated rings. The lowest BCUT2D eigenvalue weighted by molar-refractivity contribution is -0.00553. The van der Waals surface area contributed by atoms with Gasteiger partial charge in [0.05, 0.1) is 12.2 Å². The number of hydrogen-bond acceptors (Lipinski definition) is 1. The quantitative estimate of drug-likeness (QED) is 0.702. The molecule has 0 spiro atoms. The molecule has 3 heteroatoms. The van der Waals surface area contributed by atoms with Gasteiger partial charge in [-0.25, -0.2) is 4.39 Å². The highest BCUT2D eigenvalue weighted by molar-refractivity contribution is 9.09. The predicted octanol–water partition coefficient (Wildman–Crippen LogP) is 4.47. The largest absolute Gasteiger partial charge is 0.369 e. The van der Waals surface area contributed by atoms with Crippen LogP contribution in [0.4, 0.5) is 4.39 Å². The van der Waals surface area contributed by atoms with E-state index in [0.717, 1.165) is 12.8 Å². The third-order valence-corrected chi connectivity index (χ3v) is 3.25. The van der Waals surface area contributed by atoms with Crippen LogP contribution in [0.3, 0.4) is 0 Å². The highest BCUT2D eigenvalue weighted by atomic mass is 79.9. The van der Waals surface area contributed by atoms with Crippen LogP contribution in [0.2, 0.25) is 0 Å². The van der Waals surface area contributed by atoms with E-state index in [1.165, 1.54) is 6.07 Å². The summed E-state index contributed by atoms with van der Waals surface area (Å²) in [6.07, 6.45) is 1.90. The first kappa shape index (κ1) is 13.7. The summed E-state index contributed by atoms with van der Waals surface area (Å²) in [5, 5.41) is 0.616. The Morgan fingerprint density at radius 3 is 2.38 bits per heavy atom. The molecule has 1 unspecified atom stereocenters. The van der Waals surface area contributed by atoms with Crippen molar-refractivity contribution in [3.05, 3.63) is 35.6 Å². The first-order valence-corrected chi connectivity index (χ1v) is 6.80. The molecule has 0 saturated carbocycles. The van der Waals surface area contributed by atoms with Crippen LogP contribution < -0.4 is 0 Å². The molecule has 0 heterocycles. The number of alkyl halides is 1. The Morgan fingerprint density at radius 1 is 1.25 bits per heavy atom. The fourth-order valence-corrected chi connectivity index (χ4v) is 2.14. The van der Waals surface area contributed by atoms with Crippen molar-refractivity contribution in [1.29, 1.82) is 0 Å². The van der Waals surface area contributed by atoms with Gasteiger partial charge in [-0.2, -0.15) is 0 Å². The van der Waals surface area contributed by atoms with Gasteiger partial charge in [-0.05, 0) is 18.9 Å². The molecule has 16 heavy (non-hydrogen) atoms. The summed E-state index contributed by atoms with van der Waals surface area (Å²) in [6, 6.07) is 6.79. The number of ether oxygens (including phenoxy) is 1. The minimum absolute atomic E-state index is 0.196. The standard InChI is InChI=1S/C13H18BrFO/c1-3-10(4-2)16-13(9-14)11-7-5-6-8-12(11)15/h5-8,10,13H,3-4,9H2,1-2H3. The van der Waals surface area contributed by atoms with Gasteiger partial charge in [0.15, 0.2) is 0 Å². The third kappa shape index (κ3) is 3.56. The van der Waals surface area contributed by atoms with E-state index in [4.69, 9.17) is 4.74 Å². The van der Waals surface area contributed by atoms with E-state index in [1.807, 2.05) is 6.07 Å². The van der Waals surface area contributed by atoms with E-state index in [1.54, 1.807) is 12.1 Å². The maximum absolute atomic E-state index is 13.6. The summed E-state index contributed by atoms with van der Waals surface area (Å²) >= 11 is 3.38. The van der Waals surface area contributed by atoms with Gasteiger partial charge in [0.1, 0.15) is 5.82 Å². The second-order valence-electron chi connectivity index (χ2n) is 3.74. The molecule has 0 N–H and O–H groups in total. The van der Waals surface area contributed by atoms with Gasteiger partial charge in [0.2, 0.25) is 0 Å². The fourth-order valence-electron chi connectivity index (χ4n) is 1.64. The molecule has 0 radical (unpaired) electrons. The molecule has 0 bridgehead atoms. The number of benzene rings is 1. The third-order valence-electron chi connectivity index (χ3n) is 2.66. The van der Waals surface area contributed by atoms with Crippen LogP contribution in [0.5, 0.6) is 0 Å². The summed E-state index contributed by atoms with van der Waals surface area (Å²) in [7, 11) is 0. The predicted molar refractivity (Wildman–Crippen MR) is 68.4 cm³/mol. The van der Waals surface area contributed by atoms with E-state index in [0.29, 0.717) is 10.9 Å². The first-order valence-electron chi connectivity index (χ1n) is 5.68. The van der Waals surface area contributed by atoms with Crippen molar-refractivity contribution >= 4 is 15.9 Å². The Hall–Kier alpha value is -0.410. The van der Waals surface area contributed by atoms with Crippen LogP contribution in [-0.4, -0.2) is 11.4 Å². The van der Waals surface area contributed by atoms with Crippen LogP contribution in [0.1, 0.15) is 38.4 Å². The Bertz CT molecular complexity index is 313. The van der Waals surface area contributed by atoms with E-state index < -0.39 is 0 Å². The second-order valence-corrected chi connectivity index (χ2v) is 4.39. The van der Waals surface area contributed by atoms with Gasteiger partial charge >= 0.3 is 0 Å². The van der Waals surface area contributed by atoms with Gasteiger partial charge < -0.3 is 4.74 Å². The van der Waals surface area contributed by atoms with Crippen LogP contribution >= 0.6 is 15.9 Å². The lowest BCUT2D eigenvalue weighted by atomic mass is 10.1. The molecule has 1 atom stereocenters. The minimum atomic E-state index is -0.203. The average Bonchev–Trinajstić information content (AvgIpc) is 2.32. The summed E-state index contributed by atoms with van der Waals surface area (Å²) in [6.45, 7) is 4.17. The molecule has 0 amide bonds. The summed E-state index contributed by atoms with van der Waals surface area (Å²) < 4.78 is 19.5. The van der Waals surface area contributed by atoms with Crippen molar-refractivity contribution in [2.45, 2.75) is 38.9 Å². The second kappa shape index (κ2) is 7.02. The molecule has 1 nitrogen and oxygen atoms in total. The SMILES string of the molecule is CCC(CC)OC(CBr)c1ccccc1F. The molecular weight excluding hydrogens is 271 g/mol. The first-order chi connectivity index (χ1) is 7.72. The molecule has 0 saturated heterocycles. The smallest absolute Gasteiger partial charge is 0.129 e. The average molecular weight is 289 g/mol. The summed E-state index contributed by atoms with van der Waals surface area (Å²) in [5.41, 5.74) is 0.631. The molecule has 0 aliphatic heterocycles. The Kier molecular flexibility index (Phi) is 5.99. The normalized spacial score (nSPS) is 13.1. The van der Waals surface area contributed by atoms with Crippen molar-refractivity contribution in [1.82, 2.24) is 0 Å².